The molecule has 0 aliphatic carbocycles. The molecular weight excluding hydrogens is 276 g/mol. The quantitative estimate of drug-likeness (QED) is 0.611. The Labute approximate surface area is 137 Å². The molecule has 0 aromatic heterocycles. The molecule has 2 fully saturated rings. The Kier molecular flexibility index (Phi) is 7.61. The van der Waals surface area contributed by atoms with E-state index in [9.17, 15) is 0 Å². The highest BCUT2D eigenvalue weighted by Gasteiger charge is 2.28. The van der Waals surface area contributed by atoms with Crippen LogP contribution in [0.5, 0.6) is 0 Å². The minimum absolute atomic E-state index is 0.355. The molecule has 0 aromatic carbocycles. The van der Waals surface area contributed by atoms with Crippen LogP contribution in [0, 0.1) is 11.8 Å². The van der Waals surface area contributed by atoms with Gasteiger partial charge in [0.2, 0.25) is 0 Å². The van der Waals surface area contributed by atoms with Gasteiger partial charge in [0.05, 0.1) is 13.2 Å². The Morgan fingerprint density at radius 2 is 1.14 bits per heavy atom. The third-order valence-electron chi connectivity index (χ3n) is 4.84. The van der Waals surface area contributed by atoms with Crippen molar-refractivity contribution in [3.8, 4) is 0 Å². The summed E-state index contributed by atoms with van der Waals surface area (Å²) < 4.78 is 11.6. The normalized spacial score (nSPS) is 27.5. The van der Waals surface area contributed by atoms with Crippen molar-refractivity contribution in [1.82, 2.24) is 9.80 Å². The first-order chi connectivity index (χ1) is 10.6. The molecule has 2 unspecified atom stereocenters. The van der Waals surface area contributed by atoms with Crippen LogP contribution in [0.3, 0.4) is 0 Å². The maximum Gasteiger partial charge on any atom is 0.113 e. The van der Waals surface area contributed by atoms with E-state index < -0.39 is 0 Å². The van der Waals surface area contributed by atoms with Crippen molar-refractivity contribution in [2.24, 2.45) is 11.8 Å². The summed E-state index contributed by atoms with van der Waals surface area (Å²) in [5, 5.41) is 0. The third kappa shape index (κ3) is 5.19. The van der Waals surface area contributed by atoms with Gasteiger partial charge in [0.25, 0.3) is 0 Å². The molecule has 130 valence electrons. The van der Waals surface area contributed by atoms with Gasteiger partial charge in [-0.2, -0.15) is 0 Å². The van der Waals surface area contributed by atoms with E-state index in [0.29, 0.717) is 24.3 Å². The fourth-order valence-electron chi connectivity index (χ4n) is 3.74. The van der Waals surface area contributed by atoms with Crippen molar-refractivity contribution in [2.75, 3.05) is 39.4 Å². The second kappa shape index (κ2) is 9.21. The van der Waals surface area contributed by atoms with E-state index in [1.165, 1.54) is 38.8 Å². The van der Waals surface area contributed by atoms with Crippen LogP contribution in [0.15, 0.2) is 0 Å². The summed E-state index contributed by atoms with van der Waals surface area (Å²) >= 11 is 0. The number of unbranched alkanes of at least 4 members (excludes halogenated alkanes) is 3. The lowest BCUT2D eigenvalue weighted by Gasteiger charge is -2.26. The van der Waals surface area contributed by atoms with E-state index in [4.69, 9.17) is 9.47 Å². The molecule has 22 heavy (non-hydrogen) atoms. The Morgan fingerprint density at radius 3 is 1.50 bits per heavy atom. The number of hydrogen-bond acceptors (Lipinski definition) is 4. The van der Waals surface area contributed by atoms with E-state index in [-0.39, 0.29) is 0 Å². The van der Waals surface area contributed by atoms with Gasteiger partial charge in [0, 0.05) is 26.2 Å². The van der Waals surface area contributed by atoms with E-state index in [0.717, 1.165) is 26.3 Å². The van der Waals surface area contributed by atoms with Gasteiger partial charge in [-0.05, 0) is 24.7 Å². The number of nitrogens with zero attached hydrogens (tertiary/aromatic N) is 2. The maximum atomic E-state index is 5.81. The molecule has 0 saturated carbocycles. The predicted octanol–water partition coefficient (Wildman–Crippen LogP) is 3.18. The smallest absolute Gasteiger partial charge is 0.113 e. The number of ether oxygens (including phenoxy) is 2. The summed E-state index contributed by atoms with van der Waals surface area (Å²) in [6.45, 7) is 15.5. The molecule has 0 amide bonds. The molecule has 2 aliphatic heterocycles. The highest BCUT2D eigenvalue weighted by Crippen LogP contribution is 2.20. The fourth-order valence-corrected chi connectivity index (χ4v) is 3.74. The van der Waals surface area contributed by atoms with E-state index >= 15 is 0 Å². The standard InChI is InChI=1S/C18H36N2O2/c1-15(2)17-19(11-13-21-17)9-7-5-6-8-10-20-12-14-22-18(20)16(3)4/h15-18H,5-14H2,1-4H3. The summed E-state index contributed by atoms with van der Waals surface area (Å²) in [6, 6.07) is 0. The first kappa shape index (κ1) is 18.2. The van der Waals surface area contributed by atoms with Crippen LogP contribution in [-0.4, -0.2) is 61.6 Å². The van der Waals surface area contributed by atoms with Gasteiger partial charge in [-0.1, -0.05) is 40.5 Å². The molecule has 0 spiro atoms. The molecule has 4 nitrogen and oxygen atoms in total. The molecular formula is C18H36N2O2. The summed E-state index contributed by atoms with van der Waals surface area (Å²) in [4.78, 5) is 5.04. The van der Waals surface area contributed by atoms with Crippen LogP contribution < -0.4 is 0 Å². The molecule has 0 N–H and O–H groups in total. The van der Waals surface area contributed by atoms with E-state index in [1.807, 2.05) is 0 Å². The molecule has 2 heterocycles. The second-order valence-electron chi connectivity index (χ2n) is 7.50. The topological polar surface area (TPSA) is 24.9 Å². The van der Waals surface area contributed by atoms with E-state index in [2.05, 4.69) is 37.5 Å². The Hall–Kier alpha value is -0.160. The lowest BCUT2D eigenvalue weighted by molar-refractivity contribution is -0.00374. The van der Waals surface area contributed by atoms with Crippen LogP contribution in [0.1, 0.15) is 53.4 Å². The van der Waals surface area contributed by atoms with Gasteiger partial charge in [-0.25, -0.2) is 0 Å². The van der Waals surface area contributed by atoms with Gasteiger partial charge >= 0.3 is 0 Å². The molecule has 2 rings (SSSR count). The first-order valence-corrected chi connectivity index (χ1v) is 9.31. The van der Waals surface area contributed by atoms with Crippen molar-refractivity contribution < 1.29 is 9.47 Å². The lowest BCUT2D eigenvalue weighted by atomic mass is 10.1. The molecule has 4 heteroatoms. The molecule has 2 aliphatic rings. The van der Waals surface area contributed by atoms with E-state index in [1.54, 1.807) is 0 Å². The van der Waals surface area contributed by atoms with Crippen LogP contribution in [0.2, 0.25) is 0 Å². The zero-order valence-electron chi connectivity index (χ0n) is 15.1. The molecule has 0 radical (unpaired) electrons. The SMILES string of the molecule is CC(C)C1OCCN1CCCCCCN1CCOC1C(C)C. The minimum atomic E-state index is 0.355. The largest absolute Gasteiger partial charge is 0.362 e. The molecule has 2 saturated heterocycles. The van der Waals surface area contributed by atoms with Gasteiger partial charge in [0.15, 0.2) is 0 Å². The van der Waals surface area contributed by atoms with Crippen LogP contribution in [0.25, 0.3) is 0 Å². The molecule has 0 aromatic rings. The summed E-state index contributed by atoms with van der Waals surface area (Å²) in [6.07, 6.45) is 5.99. The monoisotopic (exact) mass is 312 g/mol. The average Bonchev–Trinajstić information content (AvgIpc) is 3.11. The van der Waals surface area contributed by atoms with Crippen molar-refractivity contribution in [3.05, 3.63) is 0 Å². The van der Waals surface area contributed by atoms with Gasteiger partial charge < -0.3 is 9.47 Å². The fraction of sp³-hybridized carbons (Fsp3) is 1.00. The zero-order valence-corrected chi connectivity index (χ0v) is 15.1. The summed E-state index contributed by atoms with van der Waals surface area (Å²) in [7, 11) is 0. The Bertz CT molecular complexity index is 279. The van der Waals surface area contributed by atoms with Gasteiger partial charge in [-0.15, -0.1) is 0 Å². The maximum absolute atomic E-state index is 5.81. The molecule has 0 bridgehead atoms. The minimum Gasteiger partial charge on any atom is -0.362 e. The van der Waals surface area contributed by atoms with Crippen molar-refractivity contribution in [3.63, 3.8) is 0 Å². The van der Waals surface area contributed by atoms with Gasteiger partial charge in [0.1, 0.15) is 12.5 Å². The molecule has 2 atom stereocenters. The van der Waals surface area contributed by atoms with Crippen molar-refractivity contribution in [2.45, 2.75) is 65.8 Å². The van der Waals surface area contributed by atoms with Crippen LogP contribution >= 0.6 is 0 Å². The highest BCUT2D eigenvalue weighted by atomic mass is 16.5. The highest BCUT2D eigenvalue weighted by molar-refractivity contribution is 4.74. The van der Waals surface area contributed by atoms with Crippen LogP contribution in [-0.2, 0) is 9.47 Å². The van der Waals surface area contributed by atoms with Crippen molar-refractivity contribution >= 4 is 0 Å². The number of hydrogen-bond donors (Lipinski definition) is 0. The average molecular weight is 312 g/mol. The Balaban J connectivity index is 1.53. The van der Waals surface area contributed by atoms with Gasteiger partial charge in [-0.3, -0.25) is 9.80 Å². The zero-order chi connectivity index (χ0) is 15.9. The van der Waals surface area contributed by atoms with Crippen molar-refractivity contribution in [1.29, 1.82) is 0 Å². The first-order valence-electron chi connectivity index (χ1n) is 9.31. The summed E-state index contributed by atoms with van der Waals surface area (Å²) in [5.74, 6) is 1.20. The van der Waals surface area contributed by atoms with Crippen LogP contribution in [0.4, 0.5) is 0 Å². The number of rotatable bonds is 9. The lowest BCUT2D eigenvalue weighted by Crippen LogP contribution is -2.35. The summed E-state index contributed by atoms with van der Waals surface area (Å²) in [5.41, 5.74) is 0. The third-order valence-corrected chi connectivity index (χ3v) is 4.84. The predicted molar refractivity (Wildman–Crippen MR) is 90.8 cm³/mol. The second-order valence-corrected chi connectivity index (χ2v) is 7.50. The Morgan fingerprint density at radius 1 is 0.727 bits per heavy atom.